The molecule has 1 aliphatic rings. The van der Waals surface area contributed by atoms with Gasteiger partial charge in [-0.2, -0.15) is 0 Å². The van der Waals surface area contributed by atoms with Crippen molar-refractivity contribution >= 4 is 21.4 Å². The van der Waals surface area contributed by atoms with E-state index in [9.17, 15) is 8.42 Å². The first kappa shape index (κ1) is 14.3. The molecule has 0 saturated carbocycles. The van der Waals surface area contributed by atoms with Crippen molar-refractivity contribution < 1.29 is 17.9 Å². The number of likely N-dealkylation sites (N-methyl/N-ethyl adjacent to an activating group) is 1. The molecule has 0 bridgehead atoms. The molecule has 1 aromatic carbocycles. The number of ether oxygens (including phenoxy) is 2. The van der Waals surface area contributed by atoms with Crippen LogP contribution in [0.1, 0.15) is 5.01 Å². The van der Waals surface area contributed by atoms with Crippen molar-refractivity contribution in [1.29, 1.82) is 0 Å². The normalized spacial score (nSPS) is 13.8. The summed E-state index contributed by atoms with van der Waals surface area (Å²) in [5.41, 5.74) is 0. The molecule has 0 unspecified atom stereocenters. The second kappa shape index (κ2) is 5.63. The lowest BCUT2D eigenvalue weighted by Crippen LogP contribution is -2.29. The molecule has 0 atom stereocenters. The molecular formula is C13H14N2O4S2. The van der Waals surface area contributed by atoms with Crippen LogP contribution < -0.4 is 9.47 Å². The minimum absolute atomic E-state index is 0.124. The summed E-state index contributed by atoms with van der Waals surface area (Å²) < 4.78 is 36.7. The van der Waals surface area contributed by atoms with Gasteiger partial charge in [-0.05, 0) is 12.1 Å². The maximum atomic E-state index is 12.5. The largest absolute Gasteiger partial charge is 0.454 e. The second-order valence-electron chi connectivity index (χ2n) is 4.52. The van der Waals surface area contributed by atoms with Crippen molar-refractivity contribution in [1.82, 2.24) is 9.29 Å². The maximum absolute atomic E-state index is 12.5. The van der Waals surface area contributed by atoms with Crippen molar-refractivity contribution in [3.63, 3.8) is 0 Å². The number of rotatable bonds is 5. The molecule has 0 fully saturated rings. The van der Waals surface area contributed by atoms with Crippen LogP contribution in [0.25, 0.3) is 0 Å². The SMILES string of the molecule is CN(CCc1nccs1)S(=O)(=O)c1ccc2c(c1)OCO2. The first-order valence-electron chi connectivity index (χ1n) is 6.32. The number of nitrogens with zero attached hydrogens (tertiary/aromatic N) is 2. The fourth-order valence-electron chi connectivity index (χ4n) is 1.97. The lowest BCUT2D eigenvalue weighted by atomic mass is 10.3. The van der Waals surface area contributed by atoms with Gasteiger partial charge in [-0.1, -0.05) is 0 Å². The van der Waals surface area contributed by atoms with E-state index in [0.717, 1.165) is 5.01 Å². The summed E-state index contributed by atoms with van der Waals surface area (Å²) >= 11 is 1.52. The van der Waals surface area contributed by atoms with Crippen LogP contribution in [-0.2, 0) is 16.4 Å². The quantitative estimate of drug-likeness (QED) is 0.837. The molecule has 3 rings (SSSR count). The predicted molar refractivity (Wildman–Crippen MR) is 78.2 cm³/mol. The Morgan fingerprint density at radius 2 is 2.14 bits per heavy atom. The first-order valence-corrected chi connectivity index (χ1v) is 8.64. The Balaban J connectivity index is 1.76. The van der Waals surface area contributed by atoms with E-state index in [4.69, 9.17) is 9.47 Å². The fourth-order valence-corrected chi connectivity index (χ4v) is 3.76. The number of sulfonamides is 1. The van der Waals surface area contributed by atoms with Crippen LogP contribution in [0.3, 0.4) is 0 Å². The summed E-state index contributed by atoms with van der Waals surface area (Å²) in [5.74, 6) is 1.03. The number of hydrogen-bond donors (Lipinski definition) is 0. The van der Waals surface area contributed by atoms with Gasteiger partial charge in [0, 0.05) is 37.7 Å². The first-order chi connectivity index (χ1) is 10.1. The van der Waals surface area contributed by atoms with Crippen molar-refractivity contribution in [2.45, 2.75) is 11.3 Å². The van der Waals surface area contributed by atoms with Gasteiger partial charge in [0.1, 0.15) is 0 Å². The van der Waals surface area contributed by atoms with Gasteiger partial charge >= 0.3 is 0 Å². The molecule has 2 heterocycles. The number of fused-ring (bicyclic) bond motifs is 1. The van der Waals surface area contributed by atoms with Crippen molar-refractivity contribution in [2.24, 2.45) is 0 Å². The van der Waals surface area contributed by atoms with Crippen LogP contribution in [0, 0.1) is 0 Å². The Morgan fingerprint density at radius 1 is 1.33 bits per heavy atom. The molecule has 0 radical (unpaired) electrons. The number of aromatic nitrogens is 1. The Morgan fingerprint density at radius 3 is 2.90 bits per heavy atom. The van der Waals surface area contributed by atoms with Gasteiger partial charge in [0.2, 0.25) is 16.8 Å². The van der Waals surface area contributed by atoms with E-state index < -0.39 is 10.0 Å². The van der Waals surface area contributed by atoms with Crippen LogP contribution in [0.5, 0.6) is 11.5 Å². The monoisotopic (exact) mass is 326 g/mol. The van der Waals surface area contributed by atoms with Gasteiger partial charge in [-0.3, -0.25) is 0 Å². The van der Waals surface area contributed by atoms with E-state index in [1.807, 2.05) is 5.38 Å². The highest BCUT2D eigenvalue weighted by molar-refractivity contribution is 7.89. The zero-order valence-corrected chi connectivity index (χ0v) is 13.0. The van der Waals surface area contributed by atoms with Crippen molar-refractivity contribution in [3.05, 3.63) is 34.8 Å². The van der Waals surface area contributed by atoms with Gasteiger partial charge < -0.3 is 9.47 Å². The highest BCUT2D eigenvalue weighted by Crippen LogP contribution is 2.34. The van der Waals surface area contributed by atoms with Gasteiger partial charge in [0.25, 0.3) is 0 Å². The Labute approximate surface area is 127 Å². The molecule has 0 saturated heterocycles. The van der Waals surface area contributed by atoms with Crippen LogP contribution in [0.4, 0.5) is 0 Å². The highest BCUT2D eigenvalue weighted by Gasteiger charge is 2.24. The lowest BCUT2D eigenvalue weighted by molar-refractivity contribution is 0.174. The van der Waals surface area contributed by atoms with E-state index in [-0.39, 0.29) is 11.7 Å². The molecule has 1 aromatic heterocycles. The third-order valence-electron chi connectivity index (χ3n) is 3.18. The lowest BCUT2D eigenvalue weighted by Gasteiger charge is -2.16. The minimum Gasteiger partial charge on any atom is -0.454 e. The van der Waals surface area contributed by atoms with Gasteiger partial charge in [-0.25, -0.2) is 17.7 Å². The fraction of sp³-hybridized carbons (Fsp3) is 0.308. The summed E-state index contributed by atoms with van der Waals surface area (Å²) in [6, 6.07) is 4.64. The average Bonchev–Trinajstić information content (AvgIpc) is 3.14. The zero-order valence-electron chi connectivity index (χ0n) is 11.4. The number of hydrogen-bond acceptors (Lipinski definition) is 6. The smallest absolute Gasteiger partial charge is 0.242 e. The molecular weight excluding hydrogens is 312 g/mol. The third-order valence-corrected chi connectivity index (χ3v) is 5.87. The van der Waals surface area contributed by atoms with Gasteiger partial charge in [0.15, 0.2) is 11.5 Å². The zero-order chi connectivity index (χ0) is 14.9. The van der Waals surface area contributed by atoms with E-state index in [0.29, 0.717) is 24.5 Å². The van der Waals surface area contributed by atoms with Crippen molar-refractivity contribution in [3.8, 4) is 11.5 Å². The molecule has 0 spiro atoms. The molecule has 21 heavy (non-hydrogen) atoms. The molecule has 1 aliphatic heterocycles. The van der Waals surface area contributed by atoms with Gasteiger partial charge in [0.05, 0.1) is 9.90 Å². The van der Waals surface area contributed by atoms with Crippen LogP contribution in [0.2, 0.25) is 0 Å². The molecule has 8 heteroatoms. The maximum Gasteiger partial charge on any atom is 0.242 e. The van der Waals surface area contributed by atoms with E-state index in [1.165, 1.54) is 27.8 Å². The van der Waals surface area contributed by atoms with Crippen LogP contribution in [-0.4, -0.2) is 38.1 Å². The third kappa shape index (κ3) is 2.87. The predicted octanol–water partition coefficient (Wildman–Crippen LogP) is 1.73. The molecule has 0 N–H and O–H groups in total. The standard InChI is InChI=1S/C13H14N2O4S2/c1-15(6-4-13-14-5-7-20-13)21(16,17)10-2-3-11-12(8-10)19-9-18-11/h2-3,5,7-8H,4,6,9H2,1H3. The Hall–Kier alpha value is -1.64. The van der Waals surface area contributed by atoms with E-state index in [2.05, 4.69) is 4.98 Å². The van der Waals surface area contributed by atoms with E-state index in [1.54, 1.807) is 19.3 Å². The van der Waals surface area contributed by atoms with Gasteiger partial charge in [-0.15, -0.1) is 11.3 Å². The second-order valence-corrected chi connectivity index (χ2v) is 7.54. The summed E-state index contributed by atoms with van der Waals surface area (Å²) in [5, 5.41) is 2.80. The molecule has 0 amide bonds. The minimum atomic E-state index is -3.54. The highest BCUT2D eigenvalue weighted by atomic mass is 32.2. The van der Waals surface area contributed by atoms with Crippen molar-refractivity contribution in [2.75, 3.05) is 20.4 Å². The summed E-state index contributed by atoms with van der Waals surface area (Å²) in [7, 11) is -1.98. The van der Waals surface area contributed by atoms with Crippen LogP contribution >= 0.6 is 11.3 Å². The molecule has 6 nitrogen and oxygen atoms in total. The Kier molecular flexibility index (Phi) is 3.83. The molecule has 2 aromatic rings. The summed E-state index contributed by atoms with van der Waals surface area (Å²) in [6.07, 6.45) is 2.31. The summed E-state index contributed by atoms with van der Waals surface area (Å²) in [6.45, 7) is 0.503. The van der Waals surface area contributed by atoms with Crippen LogP contribution in [0.15, 0.2) is 34.7 Å². The average molecular weight is 326 g/mol. The Bertz CT molecular complexity index is 729. The number of thiazole rings is 1. The summed E-state index contributed by atoms with van der Waals surface area (Å²) in [4.78, 5) is 4.35. The molecule has 112 valence electrons. The topological polar surface area (TPSA) is 68.7 Å². The van der Waals surface area contributed by atoms with E-state index >= 15 is 0 Å². The number of benzene rings is 1. The molecule has 0 aliphatic carbocycles.